The molecule has 9 heteroatoms. The van der Waals surface area contributed by atoms with Crippen molar-refractivity contribution < 1.29 is 20.8 Å². The Morgan fingerprint density at radius 2 is 1.97 bits per heavy atom. The van der Waals surface area contributed by atoms with E-state index in [1.807, 2.05) is 20.8 Å². The zero-order valence-electron chi connectivity index (χ0n) is 18.6. The predicted molar refractivity (Wildman–Crippen MR) is 128 cm³/mol. The Morgan fingerprint density at radius 3 is 2.66 bits per heavy atom. The van der Waals surface area contributed by atoms with Gasteiger partial charge in [-0.2, -0.15) is 0 Å². The van der Waals surface area contributed by atoms with E-state index in [4.69, 9.17) is 9.73 Å². The zero-order valence-corrected chi connectivity index (χ0v) is 20.2. The smallest absolute Gasteiger partial charge is 0.237 e. The summed E-state index contributed by atoms with van der Waals surface area (Å²) in [5.74, 6) is 0.740. The molecule has 0 aliphatic carbocycles. The molecule has 1 heterocycles. The number of rotatable bonds is 9. The molecule has 0 fully saturated rings. The minimum Gasteiger partial charge on any atom is -0.486 e. The van der Waals surface area contributed by atoms with E-state index in [1.54, 1.807) is 17.8 Å². The lowest BCUT2D eigenvalue weighted by molar-refractivity contribution is 0.371. The first kappa shape index (κ1) is 24.8. The quantitative estimate of drug-likeness (QED) is 0.368. The number of halogens is 4. The molecule has 1 aliphatic heterocycles. The van der Waals surface area contributed by atoms with E-state index in [0.29, 0.717) is 6.42 Å². The topological polar surface area (TPSA) is 33.6 Å². The average molecular weight is 489 g/mol. The van der Waals surface area contributed by atoms with Crippen LogP contribution in [-0.2, 0) is 6.42 Å². The molecule has 0 bridgehead atoms. The van der Waals surface area contributed by atoms with Crippen LogP contribution in [0.15, 0.2) is 46.3 Å². The lowest BCUT2D eigenvalue weighted by atomic mass is 9.96. The van der Waals surface area contributed by atoms with Gasteiger partial charge in [-0.3, -0.25) is 4.99 Å². The fourth-order valence-corrected chi connectivity index (χ4v) is 5.30. The maximum absolute atomic E-state index is 13.6. The summed E-state index contributed by atoms with van der Waals surface area (Å²) < 4.78 is 58.8. The van der Waals surface area contributed by atoms with Gasteiger partial charge in [-0.1, -0.05) is 19.1 Å². The van der Waals surface area contributed by atoms with Crippen LogP contribution in [0.25, 0.3) is 0 Å². The van der Waals surface area contributed by atoms with Gasteiger partial charge in [0.05, 0.1) is 10.4 Å². The number of aryl methyl sites for hydroxylation is 2. The standard InChI is InChI=1S/C23H28F4N2OS2/c1-5-17-7-9-19(32(25,26)27)11-21(17)30-13-22-29-23(4,14-31-22)12-16(3)28-20-10-18(24)8-6-15(20)2/h6-11,16,28H,5,12-14H2,1-4H3. The summed E-state index contributed by atoms with van der Waals surface area (Å²) in [5, 5.41) is 4.13. The number of nitrogens with one attached hydrogen (secondary N) is 1. The van der Waals surface area contributed by atoms with Gasteiger partial charge in [-0.05, 0) is 69.0 Å². The van der Waals surface area contributed by atoms with Crippen molar-refractivity contribution in [2.75, 3.05) is 17.7 Å². The second-order valence-corrected chi connectivity index (χ2v) is 10.7. The molecule has 1 aliphatic rings. The van der Waals surface area contributed by atoms with Crippen LogP contribution in [0.2, 0.25) is 0 Å². The SMILES string of the molecule is CCc1ccc(S(F)(F)F)cc1OCC1=NC(C)(CC(C)Nc2cc(F)ccc2C)CS1. The Labute approximate surface area is 193 Å². The van der Waals surface area contributed by atoms with Crippen molar-refractivity contribution in [3.05, 3.63) is 53.3 Å². The number of hydrogen-bond acceptors (Lipinski definition) is 4. The van der Waals surface area contributed by atoms with E-state index in [-0.39, 0.29) is 29.8 Å². The van der Waals surface area contributed by atoms with Crippen LogP contribution in [0.3, 0.4) is 0 Å². The molecule has 2 aromatic carbocycles. The number of nitrogens with zero attached hydrogens (tertiary/aromatic N) is 1. The molecular formula is C23H28F4N2OS2. The summed E-state index contributed by atoms with van der Waals surface area (Å²) in [6.07, 6.45) is 1.31. The Hall–Kier alpha value is -1.87. The van der Waals surface area contributed by atoms with E-state index < -0.39 is 16.1 Å². The number of hydrogen-bond donors (Lipinski definition) is 1. The lowest BCUT2D eigenvalue weighted by Crippen LogP contribution is -2.31. The summed E-state index contributed by atoms with van der Waals surface area (Å²) >= 11 is -3.73. The highest BCUT2D eigenvalue weighted by atomic mass is 32.3. The molecule has 176 valence electrons. The van der Waals surface area contributed by atoms with Crippen molar-refractivity contribution in [2.45, 2.75) is 57.0 Å². The third-order valence-electron chi connectivity index (χ3n) is 5.33. The van der Waals surface area contributed by atoms with E-state index in [1.165, 1.54) is 18.2 Å². The zero-order chi connectivity index (χ0) is 23.5. The first-order valence-corrected chi connectivity index (χ1v) is 12.7. The molecule has 3 rings (SSSR count). The van der Waals surface area contributed by atoms with Crippen molar-refractivity contribution >= 4 is 33.7 Å². The van der Waals surface area contributed by atoms with E-state index >= 15 is 0 Å². The van der Waals surface area contributed by atoms with Gasteiger partial charge in [-0.15, -0.1) is 23.4 Å². The molecule has 0 radical (unpaired) electrons. The summed E-state index contributed by atoms with van der Waals surface area (Å²) in [6.45, 7) is 8.04. The van der Waals surface area contributed by atoms with Crippen LogP contribution >= 0.6 is 22.9 Å². The summed E-state index contributed by atoms with van der Waals surface area (Å²) in [7, 11) is 0. The number of anilines is 1. The van der Waals surface area contributed by atoms with E-state index in [2.05, 4.69) is 12.2 Å². The molecule has 32 heavy (non-hydrogen) atoms. The highest BCUT2D eigenvalue weighted by Crippen LogP contribution is 2.61. The molecule has 0 saturated carbocycles. The van der Waals surface area contributed by atoms with Crippen LogP contribution in [0.5, 0.6) is 5.75 Å². The van der Waals surface area contributed by atoms with Gasteiger partial charge in [0.25, 0.3) is 0 Å². The number of aliphatic imine (C=N–C) groups is 1. The van der Waals surface area contributed by atoms with Gasteiger partial charge in [0.15, 0.2) is 0 Å². The van der Waals surface area contributed by atoms with Gasteiger partial charge in [0.2, 0.25) is 11.2 Å². The number of benzene rings is 2. The van der Waals surface area contributed by atoms with Crippen LogP contribution in [0.4, 0.5) is 21.7 Å². The van der Waals surface area contributed by atoms with Crippen molar-refractivity contribution in [1.29, 1.82) is 0 Å². The van der Waals surface area contributed by atoms with Gasteiger partial charge < -0.3 is 10.1 Å². The summed E-state index contributed by atoms with van der Waals surface area (Å²) in [5.41, 5.74) is 2.14. The normalized spacial score (nSPS) is 20.1. The van der Waals surface area contributed by atoms with Gasteiger partial charge in [0, 0.05) is 17.5 Å². The average Bonchev–Trinajstić information content (AvgIpc) is 3.08. The summed E-state index contributed by atoms with van der Waals surface area (Å²) in [4.78, 5) is 4.17. The summed E-state index contributed by atoms with van der Waals surface area (Å²) in [6, 6.07) is 8.43. The molecule has 0 aromatic heterocycles. The molecule has 0 spiro atoms. The monoisotopic (exact) mass is 488 g/mol. The molecule has 2 aromatic rings. The third-order valence-corrected chi connectivity index (χ3v) is 7.43. The van der Waals surface area contributed by atoms with E-state index in [9.17, 15) is 16.0 Å². The molecular weight excluding hydrogens is 460 g/mol. The van der Waals surface area contributed by atoms with E-state index in [0.717, 1.165) is 46.2 Å². The number of ether oxygens (including phenoxy) is 1. The first-order chi connectivity index (χ1) is 15.0. The molecule has 0 saturated heterocycles. The van der Waals surface area contributed by atoms with Crippen molar-refractivity contribution in [2.24, 2.45) is 4.99 Å². The van der Waals surface area contributed by atoms with Gasteiger partial charge >= 0.3 is 0 Å². The molecule has 0 amide bonds. The first-order valence-electron chi connectivity index (χ1n) is 10.4. The highest BCUT2D eigenvalue weighted by molar-refractivity contribution is 8.20. The second-order valence-electron chi connectivity index (χ2n) is 8.32. The molecule has 2 atom stereocenters. The van der Waals surface area contributed by atoms with Crippen molar-refractivity contribution in [3.63, 3.8) is 0 Å². The van der Waals surface area contributed by atoms with Crippen molar-refractivity contribution in [1.82, 2.24) is 0 Å². The third kappa shape index (κ3) is 6.34. The molecule has 2 unspecified atom stereocenters. The lowest BCUT2D eigenvalue weighted by Gasteiger charge is -2.26. The Kier molecular flexibility index (Phi) is 7.70. The van der Waals surface area contributed by atoms with Crippen LogP contribution in [0, 0.1) is 12.7 Å². The van der Waals surface area contributed by atoms with Gasteiger partial charge in [0.1, 0.15) is 23.2 Å². The fourth-order valence-electron chi connectivity index (χ4n) is 3.75. The largest absolute Gasteiger partial charge is 0.486 e. The Morgan fingerprint density at radius 1 is 1.22 bits per heavy atom. The number of thioether (sulfide) groups is 1. The molecule has 1 N–H and O–H groups in total. The Bertz CT molecular complexity index is 996. The van der Waals surface area contributed by atoms with Gasteiger partial charge in [-0.25, -0.2) is 4.39 Å². The van der Waals surface area contributed by atoms with Crippen molar-refractivity contribution in [3.8, 4) is 5.75 Å². The van der Waals surface area contributed by atoms with Crippen LogP contribution in [0.1, 0.15) is 38.3 Å². The minimum atomic E-state index is -5.30. The maximum atomic E-state index is 13.6. The Balaban J connectivity index is 1.64. The van der Waals surface area contributed by atoms with Crippen LogP contribution in [-0.4, -0.2) is 29.0 Å². The molecule has 3 nitrogen and oxygen atoms in total. The maximum Gasteiger partial charge on any atom is 0.237 e. The van der Waals surface area contributed by atoms with Crippen LogP contribution < -0.4 is 10.1 Å². The minimum absolute atomic E-state index is 0.0586. The highest BCUT2D eigenvalue weighted by Gasteiger charge is 2.33. The fraction of sp³-hybridized carbons (Fsp3) is 0.435. The predicted octanol–water partition coefficient (Wildman–Crippen LogP) is 7.69. The second kappa shape index (κ2) is 9.95.